The van der Waals surface area contributed by atoms with E-state index in [0.717, 1.165) is 16.6 Å². The van der Waals surface area contributed by atoms with Gasteiger partial charge in [0.1, 0.15) is 10.6 Å². The lowest BCUT2D eigenvalue weighted by Gasteiger charge is -2.20. The van der Waals surface area contributed by atoms with Crippen LogP contribution in [0.5, 0.6) is 5.75 Å². The van der Waals surface area contributed by atoms with Gasteiger partial charge in [-0.15, -0.1) is 0 Å². The van der Waals surface area contributed by atoms with Crippen molar-refractivity contribution in [3.8, 4) is 5.75 Å². The van der Waals surface area contributed by atoms with Gasteiger partial charge in [-0.3, -0.25) is 9.78 Å². The first-order valence-electron chi connectivity index (χ1n) is 11.1. The number of nitrogens with zero attached hydrogens (tertiary/aromatic N) is 2. The van der Waals surface area contributed by atoms with Crippen molar-refractivity contribution in [1.82, 2.24) is 14.6 Å². The Hall–Kier alpha value is -2.88. The molecule has 10 heteroatoms. The molecule has 3 aromatic rings. The molecule has 8 nitrogen and oxygen atoms in total. The molecule has 3 rings (SSSR count). The van der Waals surface area contributed by atoms with Crippen LogP contribution in [-0.2, 0) is 10.0 Å². The number of carbonyl (C=O) groups excluding carboxylic acids is 1. The minimum atomic E-state index is -3.78. The fraction of sp³-hybridized carbons (Fsp3) is 0.333. The second kappa shape index (κ2) is 11.5. The van der Waals surface area contributed by atoms with Crippen molar-refractivity contribution in [2.24, 2.45) is 0 Å². The summed E-state index contributed by atoms with van der Waals surface area (Å²) in [6.07, 6.45) is 2.39. The molecule has 2 N–H and O–H groups in total. The molecule has 2 aromatic carbocycles. The third-order valence-corrected chi connectivity index (χ3v) is 7.71. The summed E-state index contributed by atoms with van der Waals surface area (Å²) in [7, 11) is -2.37. The Morgan fingerprint density at radius 2 is 1.85 bits per heavy atom. The molecule has 0 saturated carbocycles. The highest BCUT2D eigenvalue weighted by Gasteiger charge is 2.26. The van der Waals surface area contributed by atoms with Crippen molar-refractivity contribution < 1.29 is 17.9 Å². The zero-order valence-electron chi connectivity index (χ0n) is 19.5. The number of hydrogen-bond acceptors (Lipinski definition) is 6. The van der Waals surface area contributed by atoms with Gasteiger partial charge in [0, 0.05) is 54.0 Å². The topological polar surface area (TPSA) is 101 Å². The Morgan fingerprint density at radius 3 is 2.56 bits per heavy atom. The molecule has 0 bridgehead atoms. The molecule has 0 aliphatic heterocycles. The lowest BCUT2D eigenvalue weighted by molar-refractivity contribution is 0.0953. The number of halogens is 1. The summed E-state index contributed by atoms with van der Waals surface area (Å²) in [5, 5.41) is 7.80. The highest BCUT2D eigenvalue weighted by atomic mass is 35.5. The van der Waals surface area contributed by atoms with Crippen molar-refractivity contribution >= 4 is 44.1 Å². The van der Waals surface area contributed by atoms with Crippen LogP contribution < -0.4 is 15.4 Å². The molecule has 0 fully saturated rings. The van der Waals surface area contributed by atoms with E-state index >= 15 is 0 Å². The number of aromatic nitrogens is 1. The second-order valence-electron chi connectivity index (χ2n) is 7.51. The quantitative estimate of drug-likeness (QED) is 0.380. The normalized spacial score (nSPS) is 11.6. The van der Waals surface area contributed by atoms with Crippen molar-refractivity contribution in [3.05, 3.63) is 59.2 Å². The maximum absolute atomic E-state index is 13.0. The van der Waals surface area contributed by atoms with E-state index in [2.05, 4.69) is 15.6 Å². The van der Waals surface area contributed by atoms with Crippen molar-refractivity contribution in [1.29, 1.82) is 0 Å². The van der Waals surface area contributed by atoms with Gasteiger partial charge in [-0.25, -0.2) is 8.42 Å². The zero-order valence-corrected chi connectivity index (χ0v) is 21.0. The van der Waals surface area contributed by atoms with E-state index in [-0.39, 0.29) is 22.1 Å². The molecule has 34 heavy (non-hydrogen) atoms. The maximum Gasteiger partial charge on any atom is 0.251 e. The van der Waals surface area contributed by atoms with Crippen LogP contribution in [-0.4, -0.2) is 56.9 Å². The first kappa shape index (κ1) is 25.7. The average molecular weight is 505 g/mol. The molecule has 1 aromatic heterocycles. The van der Waals surface area contributed by atoms with Gasteiger partial charge in [0.15, 0.2) is 0 Å². The van der Waals surface area contributed by atoms with Crippen LogP contribution in [0.2, 0.25) is 5.02 Å². The number of pyridine rings is 1. The number of hydrogen-bond donors (Lipinski definition) is 2. The Balaban J connectivity index is 1.61. The zero-order chi connectivity index (χ0) is 24.7. The van der Waals surface area contributed by atoms with Gasteiger partial charge in [0.05, 0.1) is 12.6 Å². The second-order valence-corrected chi connectivity index (χ2v) is 9.85. The number of rotatable bonds is 11. The van der Waals surface area contributed by atoms with E-state index in [0.29, 0.717) is 37.6 Å². The fourth-order valence-corrected chi connectivity index (χ4v) is 5.42. The van der Waals surface area contributed by atoms with Crippen LogP contribution in [0.1, 0.15) is 30.6 Å². The van der Waals surface area contributed by atoms with Gasteiger partial charge in [-0.05, 0) is 48.9 Å². The molecule has 0 aliphatic carbocycles. The van der Waals surface area contributed by atoms with Gasteiger partial charge >= 0.3 is 0 Å². The standard InChI is InChI=1S/C24H29ClN4O4S/c1-4-29(5-2)34(31,32)23-15-17(7-10-22(23)33-3)24(30)28-13-6-12-26-20-11-14-27-21-16-18(25)8-9-19(20)21/h7-11,14-16H,4-6,12-13H2,1-3H3,(H,26,27)(H,28,30). The third kappa shape index (κ3) is 5.78. The molecule has 0 atom stereocenters. The van der Waals surface area contributed by atoms with Crippen LogP contribution in [0.4, 0.5) is 5.69 Å². The van der Waals surface area contributed by atoms with Crippen LogP contribution in [0.25, 0.3) is 10.9 Å². The molecule has 0 spiro atoms. The summed E-state index contributed by atoms with van der Waals surface area (Å²) in [4.78, 5) is 17.0. The SMILES string of the molecule is CCN(CC)S(=O)(=O)c1cc(C(=O)NCCCNc2ccnc3cc(Cl)ccc23)ccc1OC. The first-order chi connectivity index (χ1) is 16.3. The number of anilines is 1. The molecule has 182 valence electrons. The number of fused-ring (bicyclic) bond motifs is 1. The van der Waals surface area contributed by atoms with Gasteiger partial charge in [0.2, 0.25) is 10.0 Å². The highest BCUT2D eigenvalue weighted by molar-refractivity contribution is 7.89. The molecule has 1 heterocycles. The smallest absolute Gasteiger partial charge is 0.251 e. The van der Waals surface area contributed by atoms with Gasteiger partial charge < -0.3 is 15.4 Å². The Labute approximate surface area is 205 Å². The van der Waals surface area contributed by atoms with Crippen LogP contribution >= 0.6 is 11.6 Å². The average Bonchev–Trinajstić information content (AvgIpc) is 2.83. The predicted molar refractivity (Wildman–Crippen MR) is 135 cm³/mol. The van der Waals surface area contributed by atoms with E-state index < -0.39 is 10.0 Å². The number of methoxy groups -OCH3 is 1. The minimum Gasteiger partial charge on any atom is -0.495 e. The Bertz CT molecular complexity index is 1260. The number of benzene rings is 2. The predicted octanol–water partition coefficient (Wildman–Crippen LogP) is 4.16. The molecular formula is C24H29ClN4O4S. The Morgan fingerprint density at radius 1 is 1.09 bits per heavy atom. The molecule has 1 amide bonds. The van der Waals surface area contributed by atoms with E-state index in [4.69, 9.17) is 16.3 Å². The first-order valence-corrected chi connectivity index (χ1v) is 12.9. The minimum absolute atomic E-state index is 0.0160. The summed E-state index contributed by atoms with van der Waals surface area (Å²) in [6, 6.07) is 11.9. The molecule has 0 unspecified atom stereocenters. The van der Waals surface area contributed by atoms with Crippen molar-refractivity contribution in [3.63, 3.8) is 0 Å². The van der Waals surface area contributed by atoms with Crippen LogP contribution in [0, 0.1) is 0 Å². The summed E-state index contributed by atoms with van der Waals surface area (Å²) in [6.45, 7) is 5.23. The van der Waals surface area contributed by atoms with E-state index in [1.54, 1.807) is 26.1 Å². The summed E-state index contributed by atoms with van der Waals surface area (Å²) in [5.74, 6) is -0.138. The Kier molecular flexibility index (Phi) is 8.71. The lowest BCUT2D eigenvalue weighted by Crippen LogP contribution is -2.31. The van der Waals surface area contributed by atoms with E-state index in [9.17, 15) is 13.2 Å². The molecule has 0 radical (unpaired) electrons. The fourth-order valence-electron chi connectivity index (χ4n) is 3.61. The lowest BCUT2D eigenvalue weighted by atomic mass is 10.2. The van der Waals surface area contributed by atoms with Crippen LogP contribution in [0.3, 0.4) is 0 Å². The van der Waals surface area contributed by atoms with E-state index in [1.165, 1.54) is 23.5 Å². The molecular weight excluding hydrogens is 476 g/mol. The number of amides is 1. The monoisotopic (exact) mass is 504 g/mol. The molecule has 0 saturated heterocycles. The van der Waals surface area contributed by atoms with E-state index in [1.807, 2.05) is 24.3 Å². The van der Waals surface area contributed by atoms with Crippen molar-refractivity contribution in [2.75, 3.05) is 38.6 Å². The van der Waals surface area contributed by atoms with Crippen molar-refractivity contribution in [2.45, 2.75) is 25.2 Å². The maximum atomic E-state index is 13.0. The number of carbonyl (C=O) groups is 1. The van der Waals surface area contributed by atoms with Gasteiger partial charge in [-0.2, -0.15) is 4.31 Å². The van der Waals surface area contributed by atoms with Gasteiger partial charge in [-0.1, -0.05) is 25.4 Å². The number of ether oxygens (including phenoxy) is 1. The van der Waals surface area contributed by atoms with Crippen LogP contribution in [0.15, 0.2) is 53.6 Å². The highest BCUT2D eigenvalue weighted by Crippen LogP contribution is 2.28. The molecule has 0 aliphatic rings. The number of nitrogens with one attached hydrogen (secondary N) is 2. The summed E-state index contributed by atoms with van der Waals surface area (Å²) >= 11 is 6.04. The summed E-state index contributed by atoms with van der Waals surface area (Å²) < 4.78 is 32.5. The third-order valence-electron chi connectivity index (χ3n) is 5.41. The largest absolute Gasteiger partial charge is 0.495 e. The number of sulfonamides is 1. The van der Waals surface area contributed by atoms with Gasteiger partial charge in [0.25, 0.3) is 5.91 Å². The summed E-state index contributed by atoms with van der Waals surface area (Å²) in [5.41, 5.74) is 2.01.